The first-order valence-corrected chi connectivity index (χ1v) is 5.12. The number of rotatable bonds is 4. The van der Waals surface area contributed by atoms with Gasteiger partial charge in [-0.3, -0.25) is 0 Å². The Kier molecular flexibility index (Phi) is 3.94. The van der Waals surface area contributed by atoms with Crippen LogP contribution in [0.5, 0.6) is 5.75 Å². The zero-order chi connectivity index (χ0) is 11.5. The van der Waals surface area contributed by atoms with Crippen molar-refractivity contribution in [2.75, 3.05) is 6.61 Å². The minimum absolute atomic E-state index is 0.0598. The third-order valence-corrected chi connectivity index (χ3v) is 2.51. The average molecular weight is 233 g/mol. The first kappa shape index (κ1) is 12.3. The maximum atomic E-state index is 13.0. The Morgan fingerprint density at radius 2 is 2.20 bits per heavy atom. The molecule has 1 rings (SSSR count). The predicted octanol–water partition coefficient (Wildman–Crippen LogP) is 3.02. The highest BCUT2D eigenvalue weighted by Gasteiger charge is 2.18. The van der Waals surface area contributed by atoms with Crippen molar-refractivity contribution in [1.29, 1.82) is 0 Å². The van der Waals surface area contributed by atoms with Crippen LogP contribution in [0.25, 0.3) is 0 Å². The molecule has 0 saturated heterocycles. The monoisotopic (exact) mass is 232 g/mol. The fourth-order valence-electron chi connectivity index (χ4n) is 0.908. The van der Waals surface area contributed by atoms with Gasteiger partial charge in [0.2, 0.25) is 0 Å². The van der Waals surface area contributed by atoms with Crippen LogP contribution in [0, 0.1) is 5.82 Å². The normalized spacial score (nSPS) is 14.7. The van der Waals surface area contributed by atoms with E-state index in [1.165, 1.54) is 12.1 Å². The van der Waals surface area contributed by atoms with E-state index in [0.29, 0.717) is 12.2 Å². The van der Waals surface area contributed by atoms with Gasteiger partial charge in [0.25, 0.3) is 0 Å². The minimum Gasteiger partial charge on any atom is -0.490 e. The van der Waals surface area contributed by atoms with Crippen molar-refractivity contribution in [2.45, 2.75) is 25.9 Å². The Labute approximate surface area is 93.6 Å². The maximum absolute atomic E-state index is 13.0. The molecule has 0 aliphatic heterocycles. The molecule has 0 bridgehead atoms. The molecule has 1 aromatic rings. The lowest BCUT2D eigenvalue weighted by Crippen LogP contribution is -2.31. The molecular formula is C11H14ClFO2. The largest absolute Gasteiger partial charge is 0.490 e. The lowest BCUT2D eigenvalue weighted by Gasteiger charge is -2.21. The van der Waals surface area contributed by atoms with Gasteiger partial charge in [-0.2, -0.15) is 0 Å². The zero-order valence-electron chi connectivity index (χ0n) is 8.76. The van der Waals surface area contributed by atoms with E-state index in [9.17, 15) is 9.50 Å². The highest BCUT2D eigenvalue weighted by atomic mass is 35.5. The van der Waals surface area contributed by atoms with E-state index >= 15 is 0 Å². The summed E-state index contributed by atoms with van der Waals surface area (Å²) in [6.07, 6.45) is 0.572. The van der Waals surface area contributed by atoms with Crippen molar-refractivity contribution in [3.05, 3.63) is 29.0 Å². The van der Waals surface area contributed by atoms with E-state index in [0.717, 1.165) is 0 Å². The third-order valence-electron chi connectivity index (χ3n) is 2.20. The summed E-state index contributed by atoms with van der Waals surface area (Å²) in [6.45, 7) is 3.65. The summed E-state index contributed by atoms with van der Waals surface area (Å²) in [4.78, 5) is 0. The van der Waals surface area contributed by atoms with Crippen molar-refractivity contribution in [3.8, 4) is 5.75 Å². The summed E-state index contributed by atoms with van der Waals surface area (Å²) >= 11 is 5.52. The van der Waals surface area contributed by atoms with Gasteiger partial charge in [-0.1, -0.05) is 18.5 Å². The van der Waals surface area contributed by atoms with Gasteiger partial charge < -0.3 is 9.84 Å². The summed E-state index contributed by atoms with van der Waals surface area (Å²) in [7, 11) is 0. The fraction of sp³-hybridized carbons (Fsp3) is 0.455. The molecule has 0 radical (unpaired) electrons. The lowest BCUT2D eigenvalue weighted by molar-refractivity contribution is 0.00837. The van der Waals surface area contributed by atoms with E-state index in [1.54, 1.807) is 13.0 Å². The van der Waals surface area contributed by atoms with Crippen LogP contribution in [0.15, 0.2) is 18.2 Å². The molecule has 0 heterocycles. The van der Waals surface area contributed by atoms with Crippen LogP contribution in [0.2, 0.25) is 5.02 Å². The third kappa shape index (κ3) is 3.68. The van der Waals surface area contributed by atoms with Crippen LogP contribution in [0.1, 0.15) is 20.3 Å². The Morgan fingerprint density at radius 3 is 2.73 bits per heavy atom. The maximum Gasteiger partial charge on any atom is 0.145 e. The molecule has 0 amide bonds. The molecule has 0 aliphatic rings. The van der Waals surface area contributed by atoms with Gasteiger partial charge in [-0.25, -0.2) is 4.39 Å². The van der Waals surface area contributed by atoms with Gasteiger partial charge in [0, 0.05) is 6.07 Å². The highest BCUT2D eigenvalue weighted by Crippen LogP contribution is 2.21. The number of benzene rings is 1. The lowest BCUT2D eigenvalue weighted by atomic mass is 10.1. The van der Waals surface area contributed by atoms with Gasteiger partial charge in [-0.05, 0) is 25.5 Å². The minimum atomic E-state index is -0.893. The van der Waals surface area contributed by atoms with Crippen molar-refractivity contribution in [1.82, 2.24) is 0 Å². The van der Waals surface area contributed by atoms with E-state index in [1.807, 2.05) is 6.92 Å². The van der Waals surface area contributed by atoms with Crippen LogP contribution in [-0.2, 0) is 0 Å². The number of ether oxygens (including phenoxy) is 1. The van der Waals surface area contributed by atoms with Gasteiger partial charge >= 0.3 is 0 Å². The van der Waals surface area contributed by atoms with Crippen LogP contribution in [-0.4, -0.2) is 17.3 Å². The van der Waals surface area contributed by atoms with Crippen LogP contribution in [0.4, 0.5) is 4.39 Å². The Hall–Kier alpha value is -0.800. The smallest absolute Gasteiger partial charge is 0.145 e. The summed E-state index contributed by atoms with van der Waals surface area (Å²) in [5.74, 6) is -0.157. The highest BCUT2D eigenvalue weighted by molar-refractivity contribution is 6.30. The molecule has 0 spiro atoms. The second-order valence-corrected chi connectivity index (χ2v) is 4.12. The Balaban J connectivity index is 2.62. The quantitative estimate of drug-likeness (QED) is 0.865. The van der Waals surface area contributed by atoms with Crippen LogP contribution in [0.3, 0.4) is 0 Å². The summed E-state index contributed by atoms with van der Waals surface area (Å²) < 4.78 is 18.3. The SMILES string of the molecule is CCC(C)(O)COc1ccc(Cl)c(F)c1. The van der Waals surface area contributed by atoms with Crippen molar-refractivity contribution in [2.24, 2.45) is 0 Å². The van der Waals surface area contributed by atoms with Crippen LogP contribution < -0.4 is 4.74 Å². The Bertz CT molecular complexity index is 339. The summed E-state index contributed by atoms with van der Waals surface area (Å²) in [5.41, 5.74) is -0.893. The van der Waals surface area contributed by atoms with E-state index < -0.39 is 11.4 Å². The van der Waals surface area contributed by atoms with Gasteiger partial charge in [0.05, 0.1) is 10.6 Å². The second kappa shape index (κ2) is 4.81. The predicted molar refractivity (Wildman–Crippen MR) is 57.8 cm³/mol. The molecule has 0 aromatic heterocycles. The average Bonchev–Trinajstić information content (AvgIpc) is 2.20. The first-order valence-electron chi connectivity index (χ1n) is 4.75. The van der Waals surface area contributed by atoms with Crippen molar-refractivity contribution < 1.29 is 14.2 Å². The van der Waals surface area contributed by atoms with Gasteiger partial charge in [0.1, 0.15) is 18.2 Å². The number of halogens is 2. The summed E-state index contributed by atoms with van der Waals surface area (Å²) in [6, 6.07) is 4.19. The van der Waals surface area contributed by atoms with Crippen molar-refractivity contribution in [3.63, 3.8) is 0 Å². The second-order valence-electron chi connectivity index (χ2n) is 3.72. The molecule has 4 heteroatoms. The number of aliphatic hydroxyl groups is 1. The molecule has 0 fully saturated rings. The molecule has 0 saturated carbocycles. The molecule has 1 atom stereocenters. The molecule has 2 nitrogen and oxygen atoms in total. The standard InChI is InChI=1S/C11H14ClFO2/c1-3-11(2,14)7-15-8-4-5-9(12)10(13)6-8/h4-6,14H,3,7H2,1-2H3. The van der Waals surface area contributed by atoms with Crippen LogP contribution >= 0.6 is 11.6 Å². The number of hydrogen-bond donors (Lipinski definition) is 1. The van der Waals surface area contributed by atoms with E-state index in [4.69, 9.17) is 16.3 Å². The fourth-order valence-corrected chi connectivity index (χ4v) is 1.03. The van der Waals surface area contributed by atoms with E-state index in [2.05, 4.69) is 0 Å². The molecule has 1 aromatic carbocycles. The molecule has 1 N–H and O–H groups in total. The summed E-state index contributed by atoms with van der Waals surface area (Å²) in [5, 5.41) is 9.72. The number of hydrogen-bond acceptors (Lipinski definition) is 2. The zero-order valence-corrected chi connectivity index (χ0v) is 9.51. The van der Waals surface area contributed by atoms with Crippen molar-refractivity contribution >= 4 is 11.6 Å². The Morgan fingerprint density at radius 1 is 1.53 bits per heavy atom. The molecular weight excluding hydrogens is 219 g/mol. The first-order chi connectivity index (χ1) is 6.94. The molecule has 0 aliphatic carbocycles. The molecule has 15 heavy (non-hydrogen) atoms. The molecule has 84 valence electrons. The van der Waals surface area contributed by atoms with E-state index in [-0.39, 0.29) is 11.6 Å². The van der Waals surface area contributed by atoms with Gasteiger partial charge in [0.15, 0.2) is 0 Å². The van der Waals surface area contributed by atoms with Gasteiger partial charge in [-0.15, -0.1) is 0 Å². The molecule has 1 unspecified atom stereocenters. The topological polar surface area (TPSA) is 29.5 Å².